The van der Waals surface area contributed by atoms with Gasteiger partial charge in [-0.1, -0.05) is 12.1 Å². The van der Waals surface area contributed by atoms with E-state index in [1.54, 1.807) is 12.4 Å². The molecule has 1 aromatic heterocycles. The molecule has 1 heterocycles. The molecule has 0 saturated carbocycles. The zero-order valence-electron chi connectivity index (χ0n) is 8.27. The Kier molecular flexibility index (Phi) is 3.02. The number of rotatable bonds is 2. The molecule has 0 saturated heterocycles. The van der Waals surface area contributed by atoms with Gasteiger partial charge < -0.3 is 4.74 Å². The van der Waals surface area contributed by atoms with Gasteiger partial charge in [0.1, 0.15) is 11.5 Å². The standard InChI is InChI=1S/C12H10BrNO/c1-9-3-2-4-11(5-9)15-12-6-10(13)7-14-8-12/h2-8H,1H3. The number of hydrogen-bond acceptors (Lipinski definition) is 2. The molecule has 2 rings (SSSR count). The Hall–Kier alpha value is -1.35. The third kappa shape index (κ3) is 2.80. The molecule has 0 atom stereocenters. The molecule has 2 aromatic rings. The van der Waals surface area contributed by atoms with Crippen LogP contribution in [0.2, 0.25) is 0 Å². The molecule has 0 unspecified atom stereocenters. The molecule has 0 N–H and O–H groups in total. The van der Waals surface area contributed by atoms with Gasteiger partial charge in [-0.05, 0) is 46.6 Å². The van der Waals surface area contributed by atoms with E-state index in [2.05, 4.69) is 20.9 Å². The second-order valence-electron chi connectivity index (χ2n) is 3.26. The number of hydrogen-bond donors (Lipinski definition) is 0. The molecule has 1 aromatic carbocycles. The average Bonchev–Trinajstić information content (AvgIpc) is 2.17. The van der Waals surface area contributed by atoms with Crippen molar-refractivity contribution < 1.29 is 4.74 Å². The van der Waals surface area contributed by atoms with Crippen molar-refractivity contribution in [3.05, 3.63) is 52.8 Å². The van der Waals surface area contributed by atoms with E-state index in [-0.39, 0.29) is 0 Å². The van der Waals surface area contributed by atoms with Gasteiger partial charge in [0, 0.05) is 10.7 Å². The highest BCUT2D eigenvalue weighted by atomic mass is 79.9. The summed E-state index contributed by atoms with van der Waals surface area (Å²) in [6, 6.07) is 9.80. The third-order valence-electron chi connectivity index (χ3n) is 1.91. The molecule has 0 aliphatic rings. The van der Waals surface area contributed by atoms with Gasteiger partial charge in [0.15, 0.2) is 0 Å². The summed E-state index contributed by atoms with van der Waals surface area (Å²) in [5, 5.41) is 0. The molecule has 0 aliphatic heterocycles. The molecule has 0 fully saturated rings. The first-order valence-corrected chi connectivity index (χ1v) is 5.38. The van der Waals surface area contributed by atoms with Crippen LogP contribution < -0.4 is 4.74 Å². The lowest BCUT2D eigenvalue weighted by molar-refractivity contribution is 0.479. The lowest BCUT2D eigenvalue weighted by Crippen LogP contribution is -1.85. The fourth-order valence-electron chi connectivity index (χ4n) is 1.26. The number of aryl methyl sites for hydroxylation is 1. The monoisotopic (exact) mass is 263 g/mol. The van der Waals surface area contributed by atoms with Gasteiger partial charge >= 0.3 is 0 Å². The van der Waals surface area contributed by atoms with Crippen molar-refractivity contribution in [3.8, 4) is 11.5 Å². The summed E-state index contributed by atoms with van der Waals surface area (Å²) >= 11 is 3.35. The lowest BCUT2D eigenvalue weighted by atomic mass is 10.2. The van der Waals surface area contributed by atoms with Crippen LogP contribution in [0.1, 0.15) is 5.56 Å². The predicted molar refractivity (Wildman–Crippen MR) is 63.2 cm³/mol. The van der Waals surface area contributed by atoms with Crippen molar-refractivity contribution in [2.45, 2.75) is 6.92 Å². The number of nitrogens with zero attached hydrogens (tertiary/aromatic N) is 1. The molecule has 0 amide bonds. The fraction of sp³-hybridized carbons (Fsp3) is 0.0833. The second kappa shape index (κ2) is 4.45. The highest BCUT2D eigenvalue weighted by Gasteiger charge is 1.98. The predicted octanol–water partition coefficient (Wildman–Crippen LogP) is 3.94. The van der Waals surface area contributed by atoms with Crippen LogP contribution in [0.25, 0.3) is 0 Å². The van der Waals surface area contributed by atoms with Gasteiger partial charge in [0.25, 0.3) is 0 Å². The minimum absolute atomic E-state index is 0.731. The van der Waals surface area contributed by atoms with Crippen LogP contribution in [0, 0.1) is 6.92 Å². The Balaban J connectivity index is 2.22. The van der Waals surface area contributed by atoms with Crippen molar-refractivity contribution in [1.29, 1.82) is 0 Å². The van der Waals surface area contributed by atoms with Gasteiger partial charge in [-0.15, -0.1) is 0 Å². The number of ether oxygens (including phenoxy) is 1. The molecule has 15 heavy (non-hydrogen) atoms. The summed E-state index contributed by atoms with van der Waals surface area (Å²) in [6.45, 7) is 2.03. The molecule has 0 bridgehead atoms. The van der Waals surface area contributed by atoms with Crippen LogP contribution in [0.5, 0.6) is 11.5 Å². The van der Waals surface area contributed by atoms with Crippen molar-refractivity contribution in [1.82, 2.24) is 4.98 Å². The summed E-state index contributed by atoms with van der Waals surface area (Å²) in [5.74, 6) is 1.56. The third-order valence-corrected chi connectivity index (χ3v) is 2.34. The van der Waals surface area contributed by atoms with E-state index in [4.69, 9.17) is 4.74 Å². The molecule has 0 radical (unpaired) electrons. The molecular formula is C12H10BrNO. The first-order chi connectivity index (χ1) is 7.24. The van der Waals surface area contributed by atoms with E-state index in [1.807, 2.05) is 37.3 Å². The summed E-state index contributed by atoms with van der Waals surface area (Å²) < 4.78 is 6.56. The zero-order valence-corrected chi connectivity index (χ0v) is 9.86. The smallest absolute Gasteiger partial charge is 0.146 e. The molecule has 3 heteroatoms. The zero-order chi connectivity index (χ0) is 10.7. The van der Waals surface area contributed by atoms with Gasteiger partial charge in [-0.3, -0.25) is 4.98 Å². The van der Waals surface area contributed by atoms with Gasteiger partial charge in [-0.2, -0.15) is 0 Å². The molecule has 2 nitrogen and oxygen atoms in total. The maximum atomic E-state index is 5.65. The van der Waals surface area contributed by atoms with E-state index < -0.39 is 0 Å². The molecule has 76 valence electrons. The topological polar surface area (TPSA) is 22.1 Å². The summed E-state index contributed by atoms with van der Waals surface area (Å²) in [5.41, 5.74) is 1.18. The van der Waals surface area contributed by atoms with Crippen LogP contribution in [-0.2, 0) is 0 Å². The number of aromatic nitrogens is 1. The van der Waals surface area contributed by atoms with Crippen LogP contribution >= 0.6 is 15.9 Å². The van der Waals surface area contributed by atoms with E-state index in [1.165, 1.54) is 5.56 Å². The highest BCUT2D eigenvalue weighted by Crippen LogP contribution is 2.23. The summed E-state index contributed by atoms with van der Waals surface area (Å²) in [7, 11) is 0. The maximum Gasteiger partial charge on any atom is 0.146 e. The fourth-order valence-corrected chi connectivity index (χ4v) is 1.61. The van der Waals surface area contributed by atoms with Crippen molar-refractivity contribution in [2.24, 2.45) is 0 Å². The SMILES string of the molecule is Cc1cccc(Oc2cncc(Br)c2)c1. The Morgan fingerprint density at radius 1 is 1.13 bits per heavy atom. The largest absolute Gasteiger partial charge is 0.456 e. The quantitative estimate of drug-likeness (QED) is 0.819. The van der Waals surface area contributed by atoms with Crippen molar-refractivity contribution in [3.63, 3.8) is 0 Å². The molecule has 0 spiro atoms. The Morgan fingerprint density at radius 3 is 2.73 bits per heavy atom. The van der Waals surface area contributed by atoms with E-state index >= 15 is 0 Å². The Morgan fingerprint density at radius 2 is 2.00 bits per heavy atom. The van der Waals surface area contributed by atoms with Crippen LogP contribution in [0.3, 0.4) is 0 Å². The number of halogens is 1. The van der Waals surface area contributed by atoms with Gasteiger partial charge in [-0.25, -0.2) is 0 Å². The van der Waals surface area contributed by atoms with Crippen molar-refractivity contribution in [2.75, 3.05) is 0 Å². The van der Waals surface area contributed by atoms with E-state index in [9.17, 15) is 0 Å². The van der Waals surface area contributed by atoms with Gasteiger partial charge in [0.2, 0.25) is 0 Å². The van der Waals surface area contributed by atoms with E-state index in [0.717, 1.165) is 16.0 Å². The second-order valence-corrected chi connectivity index (χ2v) is 4.17. The lowest BCUT2D eigenvalue weighted by Gasteiger charge is -2.05. The van der Waals surface area contributed by atoms with Crippen LogP contribution in [-0.4, -0.2) is 4.98 Å². The van der Waals surface area contributed by atoms with Crippen LogP contribution in [0.4, 0.5) is 0 Å². The Bertz CT molecular complexity index is 427. The maximum absolute atomic E-state index is 5.65. The normalized spacial score (nSPS) is 10.0. The highest BCUT2D eigenvalue weighted by molar-refractivity contribution is 9.10. The summed E-state index contributed by atoms with van der Waals surface area (Å²) in [6.07, 6.45) is 3.41. The van der Waals surface area contributed by atoms with Crippen LogP contribution in [0.15, 0.2) is 47.2 Å². The Labute approximate surface area is 97.1 Å². The number of benzene rings is 1. The first kappa shape index (κ1) is 10.2. The van der Waals surface area contributed by atoms with E-state index in [0.29, 0.717) is 0 Å². The first-order valence-electron chi connectivity index (χ1n) is 4.59. The summed E-state index contributed by atoms with van der Waals surface area (Å²) in [4.78, 5) is 4.03. The number of pyridine rings is 1. The molecular weight excluding hydrogens is 254 g/mol. The minimum Gasteiger partial charge on any atom is -0.456 e. The minimum atomic E-state index is 0.731. The molecule has 0 aliphatic carbocycles. The van der Waals surface area contributed by atoms with Crippen molar-refractivity contribution >= 4 is 15.9 Å². The average molecular weight is 264 g/mol. The van der Waals surface area contributed by atoms with Gasteiger partial charge in [0.05, 0.1) is 6.20 Å².